The first-order valence-corrected chi connectivity index (χ1v) is 8.78. The largest absolute Gasteiger partial charge is 0.480 e. The van der Waals surface area contributed by atoms with Crippen molar-refractivity contribution >= 4 is 29.1 Å². The minimum atomic E-state index is -1.12. The van der Waals surface area contributed by atoms with Crippen LogP contribution in [0.4, 0.5) is 5.69 Å². The SMILES string of the molecule is CCc1nc2c(C)cccn2c1C(=O)Nc1ccc(C(=O)NCC(=O)O)cc1. The molecule has 0 unspecified atom stereocenters. The lowest BCUT2D eigenvalue weighted by Gasteiger charge is -2.08. The smallest absolute Gasteiger partial charge is 0.322 e. The van der Waals surface area contributed by atoms with E-state index in [0.717, 1.165) is 11.2 Å². The summed E-state index contributed by atoms with van der Waals surface area (Å²) < 4.78 is 1.78. The lowest BCUT2D eigenvalue weighted by atomic mass is 10.2. The van der Waals surface area contributed by atoms with Gasteiger partial charge >= 0.3 is 5.97 Å². The van der Waals surface area contributed by atoms with Crippen LogP contribution in [0.3, 0.4) is 0 Å². The minimum absolute atomic E-state index is 0.293. The molecular formula is C20H20N4O4. The quantitative estimate of drug-likeness (QED) is 0.607. The van der Waals surface area contributed by atoms with Gasteiger partial charge in [0.15, 0.2) is 0 Å². The topological polar surface area (TPSA) is 113 Å². The van der Waals surface area contributed by atoms with E-state index in [0.29, 0.717) is 29.1 Å². The predicted octanol–water partition coefficient (Wildman–Crippen LogP) is 2.27. The van der Waals surface area contributed by atoms with Crippen LogP contribution in [-0.2, 0) is 11.2 Å². The summed E-state index contributed by atoms with van der Waals surface area (Å²) in [5.74, 6) is -1.91. The van der Waals surface area contributed by atoms with Crippen molar-refractivity contribution in [3.63, 3.8) is 0 Å². The number of nitrogens with zero attached hydrogens (tertiary/aromatic N) is 2. The van der Waals surface area contributed by atoms with Gasteiger partial charge in [0.05, 0.1) is 5.69 Å². The first-order valence-electron chi connectivity index (χ1n) is 8.78. The van der Waals surface area contributed by atoms with E-state index in [1.54, 1.807) is 22.7 Å². The molecule has 0 atom stereocenters. The molecule has 2 heterocycles. The van der Waals surface area contributed by atoms with Crippen LogP contribution in [0.15, 0.2) is 42.6 Å². The summed E-state index contributed by atoms with van der Waals surface area (Å²) in [6.45, 7) is 3.43. The average molecular weight is 380 g/mol. The number of hydrogen-bond donors (Lipinski definition) is 3. The fourth-order valence-corrected chi connectivity index (χ4v) is 2.89. The van der Waals surface area contributed by atoms with Gasteiger partial charge in [-0.15, -0.1) is 0 Å². The van der Waals surface area contributed by atoms with Gasteiger partial charge in [-0.05, 0) is 49.2 Å². The van der Waals surface area contributed by atoms with Crippen LogP contribution < -0.4 is 10.6 Å². The van der Waals surface area contributed by atoms with Gasteiger partial charge in [0.2, 0.25) is 0 Å². The second-order valence-electron chi connectivity index (χ2n) is 6.25. The summed E-state index contributed by atoms with van der Waals surface area (Å²) >= 11 is 0. The normalized spacial score (nSPS) is 10.6. The monoisotopic (exact) mass is 380 g/mol. The van der Waals surface area contributed by atoms with Gasteiger partial charge in [-0.3, -0.25) is 18.8 Å². The number of anilines is 1. The second-order valence-corrected chi connectivity index (χ2v) is 6.25. The molecule has 3 aromatic rings. The van der Waals surface area contributed by atoms with Crippen molar-refractivity contribution < 1.29 is 19.5 Å². The summed E-state index contributed by atoms with van der Waals surface area (Å²) in [5.41, 5.74) is 3.73. The van der Waals surface area contributed by atoms with Crippen LogP contribution in [0, 0.1) is 6.92 Å². The van der Waals surface area contributed by atoms with E-state index in [1.165, 1.54) is 12.1 Å². The van der Waals surface area contributed by atoms with Gasteiger partial charge in [0.25, 0.3) is 11.8 Å². The molecule has 0 bridgehead atoms. The summed E-state index contributed by atoms with van der Waals surface area (Å²) in [4.78, 5) is 39.8. The standard InChI is InChI=1S/C20H20N4O4/c1-3-15-17(24-10-4-5-12(2)18(24)23-15)20(28)22-14-8-6-13(7-9-14)19(27)21-11-16(25)26/h4-10H,3,11H2,1-2H3,(H,21,27)(H,22,28)(H,25,26). The Hall–Kier alpha value is -3.68. The highest BCUT2D eigenvalue weighted by Gasteiger charge is 2.19. The highest BCUT2D eigenvalue weighted by atomic mass is 16.4. The number of aromatic nitrogens is 2. The van der Waals surface area contributed by atoms with Crippen LogP contribution in [0.5, 0.6) is 0 Å². The fraction of sp³-hybridized carbons (Fsp3) is 0.200. The summed E-state index contributed by atoms with van der Waals surface area (Å²) in [7, 11) is 0. The molecule has 3 N–H and O–H groups in total. The lowest BCUT2D eigenvalue weighted by Crippen LogP contribution is -2.29. The zero-order valence-corrected chi connectivity index (χ0v) is 15.5. The van der Waals surface area contributed by atoms with E-state index < -0.39 is 18.4 Å². The Kier molecular flexibility index (Phi) is 5.39. The first-order chi connectivity index (χ1) is 13.4. The number of rotatable bonds is 6. The minimum Gasteiger partial charge on any atom is -0.480 e. The molecule has 0 fully saturated rings. The van der Waals surface area contributed by atoms with Crippen molar-refractivity contribution in [2.24, 2.45) is 0 Å². The van der Waals surface area contributed by atoms with Crippen LogP contribution in [0.2, 0.25) is 0 Å². The van der Waals surface area contributed by atoms with E-state index in [-0.39, 0.29) is 5.91 Å². The maximum absolute atomic E-state index is 12.9. The third-order valence-electron chi connectivity index (χ3n) is 4.27. The number of imidazole rings is 1. The molecule has 0 saturated carbocycles. The number of nitrogens with one attached hydrogen (secondary N) is 2. The van der Waals surface area contributed by atoms with Crippen LogP contribution >= 0.6 is 0 Å². The van der Waals surface area contributed by atoms with Crippen molar-refractivity contribution in [3.05, 3.63) is 65.1 Å². The number of aryl methyl sites for hydroxylation is 2. The number of amides is 2. The molecule has 0 aliphatic rings. The number of benzene rings is 1. The number of aliphatic carboxylic acids is 1. The molecule has 1 aromatic carbocycles. The zero-order chi connectivity index (χ0) is 20.3. The number of hydrogen-bond acceptors (Lipinski definition) is 4. The third-order valence-corrected chi connectivity index (χ3v) is 4.27. The van der Waals surface area contributed by atoms with Crippen LogP contribution in [-0.4, -0.2) is 38.8 Å². The molecule has 2 amide bonds. The maximum atomic E-state index is 12.9. The summed E-state index contributed by atoms with van der Waals surface area (Å²) in [6.07, 6.45) is 2.42. The highest BCUT2D eigenvalue weighted by Crippen LogP contribution is 2.18. The molecule has 0 radical (unpaired) electrons. The second kappa shape index (κ2) is 7.91. The van der Waals surface area contributed by atoms with Gasteiger partial charge in [-0.25, -0.2) is 4.98 Å². The van der Waals surface area contributed by atoms with Gasteiger partial charge in [-0.1, -0.05) is 13.0 Å². The highest BCUT2D eigenvalue weighted by molar-refractivity contribution is 6.05. The van der Waals surface area contributed by atoms with Gasteiger partial charge < -0.3 is 15.7 Å². The number of carbonyl (C=O) groups is 3. The van der Waals surface area contributed by atoms with Crippen LogP contribution in [0.1, 0.15) is 39.0 Å². The Labute approximate surface area is 161 Å². The number of carboxylic acid groups (broad SMARTS) is 1. The van der Waals surface area contributed by atoms with Gasteiger partial charge in [0.1, 0.15) is 17.9 Å². The Morgan fingerprint density at radius 3 is 2.46 bits per heavy atom. The molecule has 8 heteroatoms. The van der Waals surface area contributed by atoms with E-state index in [2.05, 4.69) is 15.6 Å². The molecule has 8 nitrogen and oxygen atoms in total. The Balaban J connectivity index is 1.80. The van der Waals surface area contributed by atoms with Crippen molar-refractivity contribution in [3.8, 4) is 0 Å². The van der Waals surface area contributed by atoms with Crippen molar-refractivity contribution in [2.75, 3.05) is 11.9 Å². The van der Waals surface area contributed by atoms with Gasteiger partial charge in [0, 0.05) is 17.4 Å². The van der Waals surface area contributed by atoms with Gasteiger partial charge in [-0.2, -0.15) is 0 Å². The molecule has 0 aliphatic heterocycles. The van der Waals surface area contributed by atoms with Crippen molar-refractivity contribution in [2.45, 2.75) is 20.3 Å². The van der Waals surface area contributed by atoms with Crippen molar-refractivity contribution in [1.82, 2.24) is 14.7 Å². The van der Waals surface area contributed by atoms with E-state index in [9.17, 15) is 14.4 Å². The number of carbonyl (C=O) groups excluding carboxylic acids is 2. The van der Waals surface area contributed by atoms with Crippen molar-refractivity contribution in [1.29, 1.82) is 0 Å². The maximum Gasteiger partial charge on any atom is 0.322 e. The number of carboxylic acids is 1. The third kappa shape index (κ3) is 3.85. The first kappa shape index (κ1) is 19.1. The predicted molar refractivity (Wildman–Crippen MR) is 104 cm³/mol. The molecule has 0 saturated heterocycles. The Morgan fingerprint density at radius 1 is 1.11 bits per heavy atom. The molecule has 2 aromatic heterocycles. The molecular weight excluding hydrogens is 360 g/mol. The lowest BCUT2D eigenvalue weighted by molar-refractivity contribution is -0.135. The summed E-state index contributed by atoms with van der Waals surface area (Å²) in [6, 6.07) is 10.0. The van der Waals surface area contributed by atoms with E-state index in [1.807, 2.05) is 26.0 Å². The molecule has 0 spiro atoms. The average Bonchev–Trinajstić information content (AvgIpc) is 3.07. The van der Waals surface area contributed by atoms with Crippen LogP contribution in [0.25, 0.3) is 5.65 Å². The molecule has 28 heavy (non-hydrogen) atoms. The Morgan fingerprint density at radius 2 is 1.82 bits per heavy atom. The number of fused-ring (bicyclic) bond motifs is 1. The van der Waals surface area contributed by atoms with E-state index in [4.69, 9.17) is 5.11 Å². The molecule has 3 rings (SSSR count). The molecule has 0 aliphatic carbocycles. The fourth-order valence-electron chi connectivity index (χ4n) is 2.89. The van der Waals surface area contributed by atoms with E-state index >= 15 is 0 Å². The number of pyridine rings is 1. The Bertz CT molecular complexity index is 1050. The molecule has 144 valence electrons. The zero-order valence-electron chi connectivity index (χ0n) is 15.5. The summed E-state index contributed by atoms with van der Waals surface area (Å²) in [5, 5.41) is 13.7.